The molecule has 0 heterocycles. The Morgan fingerprint density at radius 3 is 2.14 bits per heavy atom. The minimum atomic E-state index is -3.35. The van der Waals surface area contributed by atoms with E-state index in [9.17, 15) is 8.42 Å². The van der Waals surface area contributed by atoms with E-state index in [1.807, 2.05) is 13.8 Å². The van der Waals surface area contributed by atoms with Gasteiger partial charge in [0.15, 0.2) is 0 Å². The van der Waals surface area contributed by atoms with Crippen molar-refractivity contribution in [3.05, 3.63) is 0 Å². The molecule has 0 saturated heterocycles. The van der Waals surface area contributed by atoms with E-state index in [0.717, 1.165) is 0 Å². The van der Waals surface area contributed by atoms with Crippen molar-refractivity contribution in [3.63, 3.8) is 0 Å². The molecule has 0 bridgehead atoms. The highest BCUT2D eigenvalue weighted by Crippen LogP contribution is 2.07. The third-order valence-electron chi connectivity index (χ3n) is 2.12. The van der Waals surface area contributed by atoms with Crippen LogP contribution in [0.15, 0.2) is 0 Å². The summed E-state index contributed by atoms with van der Waals surface area (Å²) in [6.45, 7) is 3.98. The molecule has 0 atom stereocenters. The lowest BCUT2D eigenvalue weighted by Gasteiger charge is -2.26. The zero-order valence-corrected chi connectivity index (χ0v) is 10.1. The smallest absolute Gasteiger partial charge is 0.281 e. The lowest BCUT2D eigenvalue weighted by atomic mass is 10.4. The predicted octanol–water partition coefficient (Wildman–Crippen LogP) is -0.114. The van der Waals surface area contributed by atoms with Crippen LogP contribution in [0.25, 0.3) is 0 Å². The van der Waals surface area contributed by atoms with E-state index in [0.29, 0.717) is 13.0 Å². The van der Waals surface area contributed by atoms with Crippen LogP contribution in [0, 0.1) is 0 Å². The van der Waals surface area contributed by atoms with Crippen LogP contribution in [0.5, 0.6) is 0 Å². The van der Waals surface area contributed by atoms with Crippen molar-refractivity contribution in [2.45, 2.75) is 26.3 Å². The Labute approximate surface area is 86.5 Å². The van der Waals surface area contributed by atoms with Crippen LogP contribution in [0.1, 0.15) is 20.3 Å². The van der Waals surface area contributed by atoms with Crippen molar-refractivity contribution in [3.8, 4) is 0 Å². The third-order valence-corrected chi connectivity index (χ3v) is 4.24. The second-order valence-corrected chi connectivity index (χ2v) is 5.61. The normalized spacial score (nSPS) is 13.1. The van der Waals surface area contributed by atoms with E-state index < -0.39 is 10.2 Å². The van der Waals surface area contributed by atoms with Crippen LogP contribution in [0.2, 0.25) is 0 Å². The van der Waals surface area contributed by atoms with Crippen LogP contribution in [-0.4, -0.2) is 55.4 Å². The summed E-state index contributed by atoms with van der Waals surface area (Å²) < 4.78 is 26.1. The van der Waals surface area contributed by atoms with Gasteiger partial charge in [-0.3, -0.25) is 0 Å². The monoisotopic (exact) mass is 224 g/mol. The first kappa shape index (κ1) is 13.8. The van der Waals surface area contributed by atoms with Gasteiger partial charge in [0.25, 0.3) is 10.2 Å². The Balaban J connectivity index is 4.45. The molecular weight excluding hydrogens is 204 g/mol. The van der Waals surface area contributed by atoms with Gasteiger partial charge >= 0.3 is 0 Å². The topological polar surface area (TPSA) is 60.9 Å². The van der Waals surface area contributed by atoms with Gasteiger partial charge in [-0.15, -0.1) is 0 Å². The fraction of sp³-hybridized carbons (Fsp3) is 1.00. The molecular formula is C8H20N2O3S. The summed E-state index contributed by atoms with van der Waals surface area (Å²) in [7, 11) is -0.286. The maximum Gasteiger partial charge on any atom is 0.281 e. The SMILES string of the molecule is CC(C)N(C)S(=O)(=O)N(C)CCCO. The van der Waals surface area contributed by atoms with Crippen molar-refractivity contribution in [1.82, 2.24) is 8.61 Å². The Kier molecular flexibility index (Phi) is 5.58. The fourth-order valence-corrected chi connectivity index (χ4v) is 2.23. The van der Waals surface area contributed by atoms with Gasteiger partial charge < -0.3 is 5.11 Å². The van der Waals surface area contributed by atoms with E-state index in [4.69, 9.17) is 5.11 Å². The quantitative estimate of drug-likeness (QED) is 0.684. The van der Waals surface area contributed by atoms with Crippen LogP contribution in [0.4, 0.5) is 0 Å². The molecule has 0 aliphatic heterocycles. The van der Waals surface area contributed by atoms with E-state index >= 15 is 0 Å². The standard InChI is InChI=1S/C8H20N2O3S/c1-8(2)10(4)14(12,13)9(3)6-5-7-11/h8,11H,5-7H2,1-4H3. The van der Waals surface area contributed by atoms with Crippen LogP contribution < -0.4 is 0 Å². The average Bonchev–Trinajstić information content (AvgIpc) is 2.12. The molecule has 0 aliphatic carbocycles. The van der Waals surface area contributed by atoms with E-state index in [1.54, 1.807) is 7.05 Å². The van der Waals surface area contributed by atoms with E-state index in [-0.39, 0.29) is 12.6 Å². The summed E-state index contributed by atoms with van der Waals surface area (Å²) >= 11 is 0. The van der Waals surface area contributed by atoms with Gasteiger partial charge in [0.2, 0.25) is 0 Å². The highest BCUT2D eigenvalue weighted by Gasteiger charge is 2.24. The lowest BCUT2D eigenvalue weighted by Crippen LogP contribution is -2.43. The number of aliphatic hydroxyl groups is 1. The summed E-state index contributed by atoms with van der Waals surface area (Å²) in [4.78, 5) is 0. The van der Waals surface area contributed by atoms with Crippen molar-refractivity contribution in [1.29, 1.82) is 0 Å². The van der Waals surface area contributed by atoms with Crippen LogP contribution >= 0.6 is 0 Å². The molecule has 0 aromatic heterocycles. The Bertz CT molecular complexity index is 251. The Hall–Kier alpha value is -0.170. The summed E-state index contributed by atoms with van der Waals surface area (Å²) in [5.74, 6) is 0. The summed E-state index contributed by atoms with van der Waals surface area (Å²) in [6.07, 6.45) is 0.460. The number of rotatable bonds is 6. The lowest BCUT2D eigenvalue weighted by molar-refractivity contribution is 0.271. The fourth-order valence-electron chi connectivity index (χ4n) is 0.895. The minimum Gasteiger partial charge on any atom is -0.396 e. The minimum absolute atomic E-state index is 0.00521. The molecule has 0 aromatic rings. The molecule has 1 N–H and O–H groups in total. The molecule has 0 radical (unpaired) electrons. The van der Waals surface area contributed by atoms with Crippen LogP contribution in [0.3, 0.4) is 0 Å². The van der Waals surface area contributed by atoms with Crippen molar-refractivity contribution >= 4 is 10.2 Å². The van der Waals surface area contributed by atoms with Gasteiger partial charge in [-0.2, -0.15) is 17.0 Å². The van der Waals surface area contributed by atoms with E-state index in [1.165, 1.54) is 15.7 Å². The van der Waals surface area contributed by atoms with Gasteiger partial charge in [0.1, 0.15) is 0 Å². The van der Waals surface area contributed by atoms with Crippen molar-refractivity contribution in [2.75, 3.05) is 27.2 Å². The predicted molar refractivity (Wildman–Crippen MR) is 56.2 cm³/mol. The third kappa shape index (κ3) is 3.53. The van der Waals surface area contributed by atoms with Gasteiger partial charge in [0, 0.05) is 33.3 Å². The van der Waals surface area contributed by atoms with Crippen molar-refractivity contribution < 1.29 is 13.5 Å². The second kappa shape index (κ2) is 5.65. The molecule has 5 nitrogen and oxygen atoms in total. The molecule has 0 aromatic carbocycles. The van der Waals surface area contributed by atoms with Crippen LogP contribution in [-0.2, 0) is 10.2 Å². The van der Waals surface area contributed by atoms with Gasteiger partial charge in [0.05, 0.1) is 0 Å². The zero-order chi connectivity index (χ0) is 11.4. The maximum atomic E-state index is 11.7. The first-order chi connectivity index (χ1) is 6.34. The Morgan fingerprint density at radius 1 is 1.29 bits per heavy atom. The first-order valence-electron chi connectivity index (χ1n) is 4.64. The summed E-state index contributed by atoms with van der Waals surface area (Å²) in [5.41, 5.74) is 0. The second-order valence-electron chi connectivity index (χ2n) is 3.52. The number of hydrogen-bond acceptors (Lipinski definition) is 3. The molecule has 0 spiro atoms. The molecule has 0 amide bonds. The molecule has 0 aliphatic rings. The van der Waals surface area contributed by atoms with E-state index in [2.05, 4.69) is 0 Å². The summed E-state index contributed by atoms with van der Waals surface area (Å²) in [5, 5.41) is 8.59. The van der Waals surface area contributed by atoms with Gasteiger partial charge in [-0.25, -0.2) is 0 Å². The van der Waals surface area contributed by atoms with Gasteiger partial charge in [-0.05, 0) is 20.3 Å². The largest absolute Gasteiger partial charge is 0.396 e. The molecule has 86 valence electrons. The Morgan fingerprint density at radius 2 is 1.79 bits per heavy atom. The molecule has 6 heteroatoms. The number of hydrogen-bond donors (Lipinski definition) is 1. The molecule has 0 unspecified atom stereocenters. The molecule has 14 heavy (non-hydrogen) atoms. The maximum absolute atomic E-state index is 11.7. The average molecular weight is 224 g/mol. The highest BCUT2D eigenvalue weighted by molar-refractivity contribution is 7.86. The molecule has 0 rings (SSSR count). The molecule has 0 fully saturated rings. The van der Waals surface area contributed by atoms with Gasteiger partial charge in [-0.1, -0.05) is 0 Å². The first-order valence-corrected chi connectivity index (χ1v) is 6.04. The number of aliphatic hydroxyl groups excluding tert-OH is 1. The summed E-state index contributed by atoms with van der Waals surface area (Å²) in [6, 6.07) is -0.0587. The van der Waals surface area contributed by atoms with Crippen molar-refractivity contribution in [2.24, 2.45) is 0 Å². The number of nitrogens with zero attached hydrogens (tertiary/aromatic N) is 2. The highest BCUT2D eigenvalue weighted by atomic mass is 32.2. The molecule has 0 saturated carbocycles. The zero-order valence-electron chi connectivity index (χ0n) is 9.27.